The number of halogens is 1. The smallest absolute Gasteiger partial charge is 0.251 e. The summed E-state index contributed by atoms with van der Waals surface area (Å²) >= 11 is 0. The molecule has 19 heavy (non-hydrogen) atoms. The molecule has 0 fully saturated rings. The van der Waals surface area contributed by atoms with Gasteiger partial charge in [0.25, 0.3) is 5.91 Å². The fraction of sp³-hybridized carbons (Fsp3) is 0.385. The van der Waals surface area contributed by atoms with Gasteiger partial charge < -0.3 is 16.4 Å². The van der Waals surface area contributed by atoms with E-state index in [4.69, 9.17) is 5.73 Å². The summed E-state index contributed by atoms with van der Waals surface area (Å²) in [4.78, 5) is 23.0. The molecule has 0 aliphatic heterocycles. The molecule has 1 aromatic carbocycles. The summed E-state index contributed by atoms with van der Waals surface area (Å²) in [5.74, 6) is -0.385. The van der Waals surface area contributed by atoms with Crippen molar-refractivity contribution in [1.29, 1.82) is 0 Å². The van der Waals surface area contributed by atoms with Gasteiger partial charge in [-0.3, -0.25) is 9.59 Å². The van der Waals surface area contributed by atoms with Crippen molar-refractivity contribution >= 4 is 29.9 Å². The maximum Gasteiger partial charge on any atom is 0.251 e. The molecule has 1 aromatic rings. The van der Waals surface area contributed by atoms with Crippen LogP contribution in [0, 0.1) is 0 Å². The second-order valence-electron chi connectivity index (χ2n) is 4.48. The minimum atomic E-state index is -0.561. The summed E-state index contributed by atoms with van der Waals surface area (Å²) in [5.41, 5.74) is 6.62. The van der Waals surface area contributed by atoms with Gasteiger partial charge in [-0.1, -0.05) is 0 Å². The molecule has 0 aliphatic rings. The minimum Gasteiger partial charge on any atom is -0.350 e. The van der Waals surface area contributed by atoms with Gasteiger partial charge in [-0.2, -0.15) is 0 Å². The van der Waals surface area contributed by atoms with E-state index in [1.807, 2.05) is 13.8 Å². The van der Waals surface area contributed by atoms with Crippen LogP contribution in [0.25, 0.3) is 0 Å². The summed E-state index contributed by atoms with van der Waals surface area (Å²) in [6, 6.07) is 6.21. The predicted molar refractivity (Wildman–Crippen MR) is 78.6 cm³/mol. The van der Waals surface area contributed by atoms with E-state index in [0.29, 0.717) is 11.3 Å². The Morgan fingerprint density at radius 2 is 1.63 bits per heavy atom. The van der Waals surface area contributed by atoms with Crippen molar-refractivity contribution in [1.82, 2.24) is 5.32 Å². The van der Waals surface area contributed by atoms with E-state index >= 15 is 0 Å². The Balaban J connectivity index is 0.00000324. The zero-order valence-corrected chi connectivity index (χ0v) is 12.1. The molecule has 0 spiro atoms. The molecule has 5 nitrogen and oxygen atoms in total. The van der Waals surface area contributed by atoms with Crippen LogP contribution in [0.15, 0.2) is 24.3 Å². The fourth-order valence-electron chi connectivity index (χ4n) is 1.31. The molecule has 0 aromatic heterocycles. The van der Waals surface area contributed by atoms with Gasteiger partial charge in [0.15, 0.2) is 0 Å². The van der Waals surface area contributed by atoms with Crippen molar-refractivity contribution in [3.63, 3.8) is 0 Å². The second-order valence-corrected chi connectivity index (χ2v) is 4.48. The van der Waals surface area contributed by atoms with Crippen LogP contribution in [0.3, 0.4) is 0 Å². The molecule has 0 saturated heterocycles. The van der Waals surface area contributed by atoms with Gasteiger partial charge in [-0.15, -0.1) is 12.4 Å². The van der Waals surface area contributed by atoms with E-state index in [2.05, 4.69) is 10.6 Å². The first-order chi connectivity index (χ1) is 8.40. The number of anilines is 1. The molecule has 0 unspecified atom stereocenters. The highest BCUT2D eigenvalue weighted by Gasteiger charge is 2.09. The number of nitrogens with two attached hydrogens (primary N) is 1. The van der Waals surface area contributed by atoms with Crippen LogP contribution in [0.4, 0.5) is 5.69 Å². The van der Waals surface area contributed by atoms with Gasteiger partial charge in [-0.25, -0.2) is 0 Å². The first kappa shape index (κ1) is 17.4. The molecule has 1 atom stereocenters. The lowest BCUT2D eigenvalue weighted by molar-refractivity contribution is -0.117. The molecule has 0 aliphatic carbocycles. The summed E-state index contributed by atoms with van der Waals surface area (Å²) in [6.45, 7) is 5.41. The lowest BCUT2D eigenvalue weighted by atomic mass is 10.2. The molecule has 2 amide bonds. The normalized spacial score (nSPS) is 11.4. The first-order valence-electron chi connectivity index (χ1n) is 5.87. The van der Waals surface area contributed by atoms with Gasteiger partial charge in [0.1, 0.15) is 0 Å². The Morgan fingerprint density at radius 1 is 1.11 bits per heavy atom. The monoisotopic (exact) mass is 285 g/mol. The highest BCUT2D eigenvalue weighted by atomic mass is 35.5. The van der Waals surface area contributed by atoms with E-state index in [9.17, 15) is 9.59 Å². The maximum atomic E-state index is 11.7. The Labute approximate surface area is 119 Å². The van der Waals surface area contributed by atoms with Gasteiger partial charge in [0.05, 0.1) is 6.04 Å². The summed E-state index contributed by atoms with van der Waals surface area (Å²) in [7, 11) is 0. The van der Waals surface area contributed by atoms with E-state index in [1.165, 1.54) is 0 Å². The Morgan fingerprint density at radius 3 is 2.05 bits per heavy atom. The second kappa shape index (κ2) is 7.76. The van der Waals surface area contributed by atoms with Crippen molar-refractivity contribution in [3.8, 4) is 0 Å². The van der Waals surface area contributed by atoms with E-state index in [-0.39, 0.29) is 30.3 Å². The van der Waals surface area contributed by atoms with Crippen molar-refractivity contribution in [2.45, 2.75) is 32.9 Å². The third kappa shape index (κ3) is 5.72. The molecule has 0 radical (unpaired) electrons. The molecule has 106 valence electrons. The Hall–Kier alpha value is -1.59. The average molecular weight is 286 g/mol. The predicted octanol–water partition coefficient (Wildman–Crippen LogP) is 1.53. The third-order valence-electron chi connectivity index (χ3n) is 2.25. The molecule has 0 bridgehead atoms. The largest absolute Gasteiger partial charge is 0.350 e. The Bertz CT molecular complexity index is 430. The lowest BCUT2D eigenvalue weighted by Gasteiger charge is -2.10. The van der Waals surface area contributed by atoms with Crippen LogP contribution >= 0.6 is 12.4 Å². The number of amides is 2. The van der Waals surface area contributed by atoms with Gasteiger partial charge >= 0.3 is 0 Å². The number of hydrogen-bond acceptors (Lipinski definition) is 3. The van der Waals surface area contributed by atoms with Crippen LogP contribution in [0.2, 0.25) is 0 Å². The number of carbonyl (C=O) groups is 2. The Kier molecular flexibility index (Phi) is 7.11. The van der Waals surface area contributed by atoms with E-state index < -0.39 is 6.04 Å². The molecular formula is C13H20ClN3O2. The number of rotatable bonds is 4. The lowest BCUT2D eigenvalue weighted by Crippen LogP contribution is -2.32. The van der Waals surface area contributed by atoms with E-state index in [1.54, 1.807) is 31.2 Å². The van der Waals surface area contributed by atoms with Crippen molar-refractivity contribution in [2.75, 3.05) is 5.32 Å². The van der Waals surface area contributed by atoms with Crippen molar-refractivity contribution in [2.24, 2.45) is 5.73 Å². The fourth-order valence-corrected chi connectivity index (χ4v) is 1.31. The topological polar surface area (TPSA) is 84.2 Å². The summed E-state index contributed by atoms with van der Waals surface area (Å²) in [5, 5.41) is 5.44. The number of nitrogens with one attached hydrogen (secondary N) is 2. The molecular weight excluding hydrogens is 266 g/mol. The highest BCUT2D eigenvalue weighted by molar-refractivity contribution is 5.97. The van der Waals surface area contributed by atoms with Crippen molar-refractivity contribution < 1.29 is 9.59 Å². The molecule has 0 heterocycles. The minimum absolute atomic E-state index is 0. The van der Waals surface area contributed by atoms with Crippen LogP contribution in [0.1, 0.15) is 31.1 Å². The number of benzene rings is 1. The number of carbonyl (C=O) groups excluding carboxylic acids is 2. The van der Waals surface area contributed by atoms with Gasteiger partial charge in [0, 0.05) is 17.3 Å². The van der Waals surface area contributed by atoms with Crippen LogP contribution < -0.4 is 16.4 Å². The van der Waals surface area contributed by atoms with E-state index in [0.717, 1.165) is 0 Å². The zero-order chi connectivity index (χ0) is 13.7. The van der Waals surface area contributed by atoms with Crippen LogP contribution in [-0.2, 0) is 4.79 Å². The standard InChI is InChI=1S/C13H19N3O2.ClH/c1-8(2)15-13(18)10-4-6-11(7-5-10)16-12(17)9(3)14;/h4-9H,14H2,1-3H3,(H,15,18)(H,16,17);1H/t9-;/m0./s1. The van der Waals surface area contributed by atoms with Crippen LogP contribution in [0.5, 0.6) is 0 Å². The van der Waals surface area contributed by atoms with Gasteiger partial charge in [-0.05, 0) is 45.0 Å². The quantitative estimate of drug-likeness (QED) is 0.784. The summed E-state index contributed by atoms with van der Waals surface area (Å²) in [6.07, 6.45) is 0. The molecule has 0 saturated carbocycles. The summed E-state index contributed by atoms with van der Waals surface area (Å²) < 4.78 is 0. The van der Waals surface area contributed by atoms with Crippen LogP contribution in [-0.4, -0.2) is 23.9 Å². The van der Waals surface area contributed by atoms with Gasteiger partial charge in [0.2, 0.25) is 5.91 Å². The average Bonchev–Trinajstić information content (AvgIpc) is 2.28. The molecule has 4 N–H and O–H groups in total. The SMILES string of the molecule is CC(C)NC(=O)c1ccc(NC(=O)[C@H](C)N)cc1.Cl. The maximum absolute atomic E-state index is 11.7. The van der Waals surface area contributed by atoms with Crippen molar-refractivity contribution in [3.05, 3.63) is 29.8 Å². The zero-order valence-electron chi connectivity index (χ0n) is 11.3. The molecule has 6 heteroatoms. The highest BCUT2D eigenvalue weighted by Crippen LogP contribution is 2.10. The third-order valence-corrected chi connectivity index (χ3v) is 2.25. The number of hydrogen-bond donors (Lipinski definition) is 3. The molecule has 1 rings (SSSR count). The first-order valence-corrected chi connectivity index (χ1v) is 5.87.